The number of hydrogen-bond acceptors (Lipinski definition) is 3. The zero-order chi connectivity index (χ0) is 23.7. The summed E-state index contributed by atoms with van der Waals surface area (Å²) >= 11 is 0. The van der Waals surface area contributed by atoms with Crippen LogP contribution in [0.1, 0.15) is 11.7 Å². The molecule has 0 spiro atoms. The van der Waals surface area contributed by atoms with Gasteiger partial charge < -0.3 is 9.47 Å². The second-order valence-electron chi connectivity index (χ2n) is 8.10. The van der Waals surface area contributed by atoms with Crippen molar-refractivity contribution in [2.45, 2.75) is 6.92 Å². The summed E-state index contributed by atoms with van der Waals surface area (Å²) in [6.45, 7) is 1.62. The van der Waals surface area contributed by atoms with E-state index in [1.807, 2.05) is 71.3 Å². The molecule has 5 aromatic rings. The Morgan fingerprint density at radius 3 is 1.79 bits per heavy atom. The molecule has 0 bridgehead atoms. The Labute approximate surface area is 199 Å². The number of rotatable bonds is 5. The number of para-hydroxylation sites is 1. The van der Waals surface area contributed by atoms with E-state index in [1.54, 1.807) is 21.1 Å². The first kappa shape index (κ1) is 21.5. The molecular weight excluding hydrogens is 422 g/mol. The van der Waals surface area contributed by atoms with E-state index in [0.717, 1.165) is 55.9 Å². The van der Waals surface area contributed by atoms with Gasteiger partial charge in [0.2, 0.25) is 5.91 Å². The van der Waals surface area contributed by atoms with Crippen molar-refractivity contribution in [1.29, 1.82) is 0 Å². The summed E-state index contributed by atoms with van der Waals surface area (Å²) < 4.78 is 12.6. The number of carbonyl (C=O) groups excluding carboxylic acids is 1. The molecule has 4 nitrogen and oxygen atoms in total. The van der Waals surface area contributed by atoms with Crippen molar-refractivity contribution in [2.24, 2.45) is 0 Å². The van der Waals surface area contributed by atoms with Gasteiger partial charge in [0.05, 0.1) is 25.4 Å². The largest absolute Gasteiger partial charge is 0.497 e. The highest BCUT2D eigenvalue weighted by Crippen LogP contribution is 2.44. The highest BCUT2D eigenvalue weighted by Gasteiger charge is 2.24. The summed E-state index contributed by atoms with van der Waals surface area (Å²) in [5.41, 5.74) is 6.81. The van der Waals surface area contributed by atoms with Crippen molar-refractivity contribution in [1.82, 2.24) is 4.57 Å². The van der Waals surface area contributed by atoms with E-state index < -0.39 is 0 Å². The van der Waals surface area contributed by atoms with Gasteiger partial charge >= 0.3 is 0 Å². The van der Waals surface area contributed by atoms with Crippen molar-refractivity contribution < 1.29 is 14.3 Å². The van der Waals surface area contributed by atoms with Crippen molar-refractivity contribution >= 4 is 16.8 Å². The van der Waals surface area contributed by atoms with Crippen molar-refractivity contribution in [2.75, 3.05) is 14.2 Å². The standard InChI is InChI=1S/C30H25NO3/c1-20(32)31-29(23-14-18-25(34-3)19-15-23)28(22-12-16-24(33-2)17-13-22)27-11-7-10-26(30(27)31)21-8-5-4-6-9-21/h4-19H,1-3H3. The average Bonchev–Trinajstić information content (AvgIpc) is 3.25. The van der Waals surface area contributed by atoms with Gasteiger partial charge in [0.25, 0.3) is 0 Å². The lowest BCUT2D eigenvalue weighted by Crippen LogP contribution is -2.08. The quantitative estimate of drug-likeness (QED) is 0.283. The van der Waals surface area contributed by atoms with Gasteiger partial charge in [0.15, 0.2) is 0 Å². The normalized spacial score (nSPS) is 10.9. The molecule has 4 heteroatoms. The minimum Gasteiger partial charge on any atom is -0.497 e. The average molecular weight is 448 g/mol. The van der Waals surface area contributed by atoms with Crippen LogP contribution in [0.4, 0.5) is 0 Å². The fraction of sp³-hybridized carbons (Fsp3) is 0.100. The minimum absolute atomic E-state index is 0.0426. The van der Waals surface area contributed by atoms with Crippen molar-refractivity contribution in [3.63, 3.8) is 0 Å². The summed E-state index contributed by atoms with van der Waals surface area (Å²) in [6, 6.07) is 32.2. The number of fused-ring (bicyclic) bond motifs is 1. The number of hydrogen-bond donors (Lipinski definition) is 0. The zero-order valence-electron chi connectivity index (χ0n) is 19.4. The molecule has 168 valence electrons. The number of benzene rings is 4. The predicted octanol–water partition coefficient (Wildman–Crippen LogP) is 7.32. The molecule has 0 unspecified atom stereocenters. The van der Waals surface area contributed by atoms with Crippen LogP contribution in [-0.2, 0) is 0 Å². The van der Waals surface area contributed by atoms with E-state index in [4.69, 9.17) is 9.47 Å². The van der Waals surface area contributed by atoms with E-state index in [1.165, 1.54) is 0 Å². The van der Waals surface area contributed by atoms with E-state index in [-0.39, 0.29) is 5.91 Å². The topological polar surface area (TPSA) is 40.5 Å². The maximum absolute atomic E-state index is 13.2. The molecule has 0 amide bonds. The second-order valence-corrected chi connectivity index (χ2v) is 8.10. The first-order valence-electron chi connectivity index (χ1n) is 11.1. The van der Waals surface area contributed by atoms with Crippen LogP contribution in [0.5, 0.6) is 11.5 Å². The highest BCUT2D eigenvalue weighted by atomic mass is 16.5. The molecular formula is C30H25NO3. The highest BCUT2D eigenvalue weighted by molar-refractivity contribution is 6.14. The SMILES string of the molecule is COc1ccc(-c2c(-c3ccc(OC)cc3)n(C(C)=O)c3c(-c4ccccc4)cccc23)cc1. The molecule has 0 saturated carbocycles. The third-order valence-electron chi connectivity index (χ3n) is 6.13. The fourth-order valence-corrected chi connectivity index (χ4v) is 4.58. The smallest absolute Gasteiger partial charge is 0.228 e. The lowest BCUT2D eigenvalue weighted by Gasteiger charge is -2.12. The lowest BCUT2D eigenvalue weighted by molar-refractivity contribution is 0.0943. The summed E-state index contributed by atoms with van der Waals surface area (Å²) in [7, 11) is 3.31. The van der Waals surface area contributed by atoms with Gasteiger partial charge in [0, 0.05) is 23.4 Å². The summed E-state index contributed by atoms with van der Waals surface area (Å²) in [4.78, 5) is 13.2. The molecule has 5 rings (SSSR count). The van der Waals surface area contributed by atoms with E-state index in [0.29, 0.717) is 0 Å². The van der Waals surface area contributed by atoms with E-state index in [2.05, 4.69) is 30.3 Å². The van der Waals surface area contributed by atoms with Crippen LogP contribution in [0.3, 0.4) is 0 Å². The first-order chi connectivity index (χ1) is 16.6. The third-order valence-corrected chi connectivity index (χ3v) is 6.13. The Bertz CT molecular complexity index is 1460. The van der Waals surface area contributed by atoms with E-state index >= 15 is 0 Å². The fourth-order valence-electron chi connectivity index (χ4n) is 4.58. The van der Waals surface area contributed by atoms with Crippen LogP contribution >= 0.6 is 0 Å². The number of ether oxygens (including phenoxy) is 2. The van der Waals surface area contributed by atoms with Gasteiger partial charge in [0.1, 0.15) is 11.5 Å². The van der Waals surface area contributed by atoms with Crippen molar-refractivity contribution in [3.05, 3.63) is 97.1 Å². The predicted molar refractivity (Wildman–Crippen MR) is 138 cm³/mol. The number of methoxy groups -OCH3 is 2. The molecule has 0 aliphatic heterocycles. The van der Waals surface area contributed by atoms with Gasteiger partial charge in [-0.25, -0.2) is 0 Å². The Kier molecular flexibility index (Phi) is 5.64. The van der Waals surface area contributed by atoms with Gasteiger partial charge in [-0.15, -0.1) is 0 Å². The Morgan fingerprint density at radius 1 is 0.647 bits per heavy atom. The molecule has 4 aromatic carbocycles. The monoisotopic (exact) mass is 447 g/mol. The summed E-state index contributed by atoms with van der Waals surface area (Å²) in [5.74, 6) is 1.51. The zero-order valence-corrected chi connectivity index (χ0v) is 19.4. The molecule has 0 aliphatic carbocycles. The van der Waals surface area contributed by atoms with Gasteiger partial charge in [-0.3, -0.25) is 9.36 Å². The first-order valence-corrected chi connectivity index (χ1v) is 11.1. The van der Waals surface area contributed by atoms with Gasteiger partial charge in [-0.05, 0) is 53.1 Å². The molecule has 0 N–H and O–H groups in total. The van der Waals surface area contributed by atoms with Crippen LogP contribution in [-0.4, -0.2) is 24.7 Å². The second kappa shape index (κ2) is 8.91. The summed E-state index contributed by atoms with van der Waals surface area (Å²) in [6.07, 6.45) is 0. The van der Waals surface area contributed by atoms with Crippen LogP contribution in [0.25, 0.3) is 44.4 Å². The maximum Gasteiger partial charge on any atom is 0.228 e. The maximum atomic E-state index is 13.2. The molecule has 1 aromatic heterocycles. The molecule has 0 aliphatic rings. The molecule has 34 heavy (non-hydrogen) atoms. The Balaban J connectivity index is 1.91. The molecule has 0 radical (unpaired) electrons. The molecule has 1 heterocycles. The third kappa shape index (κ3) is 3.63. The van der Waals surface area contributed by atoms with Crippen LogP contribution in [0.2, 0.25) is 0 Å². The van der Waals surface area contributed by atoms with Crippen LogP contribution in [0.15, 0.2) is 97.1 Å². The minimum atomic E-state index is -0.0426. The van der Waals surface area contributed by atoms with E-state index in [9.17, 15) is 4.79 Å². The summed E-state index contributed by atoms with van der Waals surface area (Å²) in [5, 5.41) is 1.02. The van der Waals surface area contributed by atoms with Crippen LogP contribution < -0.4 is 9.47 Å². The Morgan fingerprint density at radius 2 is 1.24 bits per heavy atom. The van der Waals surface area contributed by atoms with Gasteiger partial charge in [-0.1, -0.05) is 60.7 Å². The number of aromatic nitrogens is 1. The number of carbonyl (C=O) groups is 1. The Hall–Kier alpha value is -4.31. The molecule has 0 saturated heterocycles. The molecule has 0 fully saturated rings. The van der Waals surface area contributed by atoms with Crippen LogP contribution in [0, 0.1) is 0 Å². The lowest BCUT2D eigenvalue weighted by atomic mass is 9.96. The van der Waals surface area contributed by atoms with Crippen molar-refractivity contribution in [3.8, 4) is 45.0 Å². The number of nitrogens with zero attached hydrogens (tertiary/aromatic N) is 1. The molecule has 0 atom stereocenters. The van der Waals surface area contributed by atoms with Gasteiger partial charge in [-0.2, -0.15) is 0 Å².